The van der Waals surface area contributed by atoms with E-state index in [9.17, 15) is 4.79 Å². The second-order valence-electron chi connectivity index (χ2n) is 6.15. The van der Waals surface area contributed by atoms with Crippen LogP contribution in [0.25, 0.3) is 0 Å². The lowest BCUT2D eigenvalue weighted by Gasteiger charge is -2.36. The SMILES string of the molecule is CC(=O)OC(CC(C)C)(CC(C)C)c1ccccc1. The van der Waals surface area contributed by atoms with E-state index in [1.165, 1.54) is 6.92 Å². The van der Waals surface area contributed by atoms with E-state index in [1.807, 2.05) is 18.2 Å². The van der Waals surface area contributed by atoms with Gasteiger partial charge in [-0.1, -0.05) is 58.0 Å². The zero-order chi connectivity index (χ0) is 14.5. The van der Waals surface area contributed by atoms with Gasteiger partial charge in [-0.3, -0.25) is 4.79 Å². The van der Waals surface area contributed by atoms with Gasteiger partial charge in [0.05, 0.1) is 0 Å². The van der Waals surface area contributed by atoms with Crippen molar-refractivity contribution in [2.24, 2.45) is 11.8 Å². The fourth-order valence-electron chi connectivity index (χ4n) is 2.80. The number of esters is 1. The van der Waals surface area contributed by atoms with Crippen LogP contribution >= 0.6 is 0 Å². The summed E-state index contributed by atoms with van der Waals surface area (Å²) in [6.07, 6.45) is 1.71. The molecule has 0 amide bonds. The molecule has 0 saturated heterocycles. The number of benzene rings is 1. The average Bonchev–Trinajstić information content (AvgIpc) is 2.27. The highest BCUT2D eigenvalue weighted by Gasteiger charge is 2.36. The van der Waals surface area contributed by atoms with Crippen LogP contribution in [0.15, 0.2) is 30.3 Å². The van der Waals surface area contributed by atoms with Crippen molar-refractivity contribution in [3.63, 3.8) is 0 Å². The number of rotatable bonds is 6. The van der Waals surface area contributed by atoms with Crippen LogP contribution < -0.4 is 0 Å². The number of hydrogen-bond donors (Lipinski definition) is 0. The lowest BCUT2D eigenvalue weighted by molar-refractivity contribution is -0.162. The van der Waals surface area contributed by atoms with Crippen LogP contribution in [0.3, 0.4) is 0 Å². The number of carbonyl (C=O) groups is 1. The predicted molar refractivity (Wildman–Crippen MR) is 78.8 cm³/mol. The van der Waals surface area contributed by atoms with Crippen LogP contribution in [0.4, 0.5) is 0 Å². The van der Waals surface area contributed by atoms with Crippen molar-refractivity contribution >= 4 is 5.97 Å². The Bertz CT molecular complexity index is 383. The zero-order valence-corrected chi connectivity index (χ0v) is 12.8. The van der Waals surface area contributed by atoms with E-state index in [0.29, 0.717) is 11.8 Å². The normalized spacial score (nSPS) is 11.9. The Labute approximate surface area is 117 Å². The largest absolute Gasteiger partial charge is 0.454 e. The molecule has 1 aromatic carbocycles. The summed E-state index contributed by atoms with van der Waals surface area (Å²) < 4.78 is 5.81. The molecule has 0 bridgehead atoms. The van der Waals surface area contributed by atoms with Crippen LogP contribution in [0, 0.1) is 11.8 Å². The zero-order valence-electron chi connectivity index (χ0n) is 12.8. The van der Waals surface area contributed by atoms with Gasteiger partial charge in [-0.2, -0.15) is 0 Å². The third kappa shape index (κ3) is 4.70. The fourth-order valence-corrected chi connectivity index (χ4v) is 2.80. The Balaban J connectivity index is 3.20. The second kappa shape index (κ2) is 6.74. The minimum Gasteiger partial charge on any atom is -0.454 e. The van der Waals surface area contributed by atoms with E-state index in [2.05, 4.69) is 39.8 Å². The van der Waals surface area contributed by atoms with E-state index >= 15 is 0 Å². The maximum Gasteiger partial charge on any atom is 0.303 e. The molecule has 0 aliphatic heterocycles. The maximum atomic E-state index is 11.6. The van der Waals surface area contributed by atoms with Gasteiger partial charge < -0.3 is 4.74 Å². The molecule has 0 heterocycles. The van der Waals surface area contributed by atoms with Gasteiger partial charge in [-0.25, -0.2) is 0 Å². The summed E-state index contributed by atoms with van der Waals surface area (Å²) in [5, 5.41) is 0. The molecule has 1 rings (SSSR count). The number of ether oxygens (including phenoxy) is 1. The highest BCUT2D eigenvalue weighted by molar-refractivity contribution is 5.66. The first-order valence-electron chi connectivity index (χ1n) is 7.11. The summed E-state index contributed by atoms with van der Waals surface area (Å²) in [4.78, 5) is 11.6. The van der Waals surface area contributed by atoms with Crippen molar-refractivity contribution in [3.05, 3.63) is 35.9 Å². The Hall–Kier alpha value is -1.31. The lowest BCUT2D eigenvalue weighted by Crippen LogP contribution is -2.35. The lowest BCUT2D eigenvalue weighted by atomic mass is 9.79. The second-order valence-corrected chi connectivity index (χ2v) is 6.15. The average molecular weight is 262 g/mol. The molecule has 19 heavy (non-hydrogen) atoms. The third-order valence-electron chi connectivity index (χ3n) is 3.11. The molecule has 2 heteroatoms. The predicted octanol–water partition coefficient (Wildman–Crippen LogP) is 4.54. The van der Waals surface area contributed by atoms with Crippen LogP contribution in [-0.4, -0.2) is 5.97 Å². The molecule has 0 atom stereocenters. The van der Waals surface area contributed by atoms with Crippen molar-refractivity contribution in [1.29, 1.82) is 0 Å². The first kappa shape index (κ1) is 15.7. The minimum absolute atomic E-state index is 0.204. The van der Waals surface area contributed by atoms with Crippen molar-refractivity contribution in [1.82, 2.24) is 0 Å². The molecule has 0 saturated carbocycles. The fraction of sp³-hybridized carbons (Fsp3) is 0.588. The monoisotopic (exact) mass is 262 g/mol. The van der Waals surface area contributed by atoms with Crippen LogP contribution in [0.2, 0.25) is 0 Å². The molecule has 1 aromatic rings. The molecular formula is C17H26O2. The number of hydrogen-bond acceptors (Lipinski definition) is 2. The highest BCUT2D eigenvalue weighted by Crippen LogP contribution is 2.38. The maximum absolute atomic E-state index is 11.6. The summed E-state index contributed by atoms with van der Waals surface area (Å²) in [6.45, 7) is 10.2. The van der Waals surface area contributed by atoms with Crippen LogP contribution in [0.1, 0.15) is 53.0 Å². The van der Waals surface area contributed by atoms with Gasteiger partial charge in [0.2, 0.25) is 0 Å². The summed E-state index contributed by atoms with van der Waals surface area (Å²) >= 11 is 0. The van der Waals surface area contributed by atoms with Gasteiger partial charge in [0.15, 0.2) is 0 Å². The summed E-state index contributed by atoms with van der Waals surface area (Å²) in [7, 11) is 0. The highest BCUT2D eigenvalue weighted by atomic mass is 16.6. The number of carbonyl (C=O) groups excluding carboxylic acids is 1. The van der Waals surface area contributed by atoms with Crippen molar-refractivity contribution in [2.75, 3.05) is 0 Å². The van der Waals surface area contributed by atoms with E-state index in [1.54, 1.807) is 0 Å². The quantitative estimate of drug-likeness (QED) is 0.704. The molecule has 0 radical (unpaired) electrons. The third-order valence-corrected chi connectivity index (χ3v) is 3.11. The molecule has 0 N–H and O–H groups in total. The van der Waals surface area contributed by atoms with Gasteiger partial charge in [0.1, 0.15) is 5.60 Å². The topological polar surface area (TPSA) is 26.3 Å². The Kier molecular flexibility index (Phi) is 5.59. The molecular weight excluding hydrogens is 236 g/mol. The molecule has 0 unspecified atom stereocenters. The van der Waals surface area contributed by atoms with Gasteiger partial charge in [0, 0.05) is 6.92 Å². The molecule has 0 aliphatic rings. The Morgan fingerprint density at radius 3 is 1.89 bits per heavy atom. The van der Waals surface area contributed by atoms with Gasteiger partial charge in [-0.15, -0.1) is 0 Å². The molecule has 0 spiro atoms. The summed E-state index contributed by atoms with van der Waals surface area (Å²) in [6, 6.07) is 10.1. The van der Waals surface area contributed by atoms with E-state index in [-0.39, 0.29) is 5.97 Å². The first-order valence-corrected chi connectivity index (χ1v) is 7.11. The van der Waals surface area contributed by atoms with Gasteiger partial charge in [0.25, 0.3) is 0 Å². The molecule has 106 valence electrons. The molecule has 0 aliphatic carbocycles. The van der Waals surface area contributed by atoms with Gasteiger partial charge >= 0.3 is 5.97 Å². The standard InChI is InChI=1S/C17H26O2/c1-13(2)11-17(12-14(3)4,19-15(5)18)16-9-7-6-8-10-16/h6-10,13-14H,11-12H2,1-5H3. The molecule has 0 fully saturated rings. The summed E-state index contributed by atoms with van der Waals surface area (Å²) in [5.74, 6) is 0.738. The molecule has 2 nitrogen and oxygen atoms in total. The van der Waals surface area contributed by atoms with Crippen molar-refractivity contribution < 1.29 is 9.53 Å². The van der Waals surface area contributed by atoms with Crippen LogP contribution in [-0.2, 0) is 15.1 Å². The van der Waals surface area contributed by atoms with E-state index < -0.39 is 5.60 Å². The van der Waals surface area contributed by atoms with E-state index in [0.717, 1.165) is 18.4 Å². The van der Waals surface area contributed by atoms with Crippen molar-refractivity contribution in [3.8, 4) is 0 Å². The van der Waals surface area contributed by atoms with E-state index in [4.69, 9.17) is 4.74 Å². The smallest absolute Gasteiger partial charge is 0.303 e. The Morgan fingerprint density at radius 1 is 1.05 bits per heavy atom. The van der Waals surface area contributed by atoms with Gasteiger partial charge in [-0.05, 0) is 30.2 Å². The van der Waals surface area contributed by atoms with Crippen LogP contribution in [0.5, 0.6) is 0 Å². The first-order chi connectivity index (χ1) is 8.85. The van der Waals surface area contributed by atoms with Crippen molar-refractivity contribution in [2.45, 2.75) is 53.1 Å². The Morgan fingerprint density at radius 2 is 1.53 bits per heavy atom. The minimum atomic E-state index is -0.491. The summed E-state index contributed by atoms with van der Waals surface area (Å²) in [5.41, 5.74) is 0.614. The molecule has 0 aromatic heterocycles.